The van der Waals surface area contributed by atoms with Gasteiger partial charge in [0.25, 0.3) is 0 Å². The molecule has 1 aromatic carbocycles. The molecular formula is C17H23N3O. The van der Waals surface area contributed by atoms with Crippen molar-refractivity contribution in [2.24, 2.45) is 0 Å². The normalized spacial score (nSPS) is 10.7. The van der Waals surface area contributed by atoms with E-state index in [2.05, 4.69) is 41.1 Å². The van der Waals surface area contributed by atoms with Crippen LogP contribution in [0.4, 0.5) is 11.5 Å². The minimum absolute atomic E-state index is 0.0529. The predicted molar refractivity (Wildman–Crippen MR) is 87.7 cm³/mol. The molecule has 0 saturated heterocycles. The second-order valence-corrected chi connectivity index (χ2v) is 5.58. The Labute approximate surface area is 126 Å². The summed E-state index contributed by atoms with van der Waals surface area (Å²) >= 11 is 0. The monoisotopic (exact) mass is 285 g/mol. The number of hydrogen-bond acceptors (Lipinski definition) is 4. The van der Waals surface area contributed by atoms with Crippen LogP contribution in [0.1, 0.15) is 25.0 Å². The smallest absolute Gasteiger partial charge is 0.239 e. The summed E-state index contributed by atoms with van der Waals surface area (Å²) in [4.78, 5) is 6.59. The molecule has 21 heavy (non-hydrogen) atoms. The lowest BCUT2D eigenvalue weighted by Gasteiger charge is -2.20. The van der Waals surface area contributed by atoms with Gasteiger partial charge in [-0.3, -0.25) is 0 Å². The third-order valence-electron chi connectivity index (χ3n) is 3.12. The number of aromatic nitrogens is 1. The van der Waals surface area contributed by atoms with E-state index in [1.165, 1.54) is 11.1 Å². The molecule has 0 radical (unpaired) electrons. The molecule has 0 bridgehead atoms. The first-order valence-corrected chi connectivity index (χ1v) is 7.15. The van der Waals surface area contributed by atoms with Crippen LogP contribution >= 0.6 is 0 Å². The first kappa shape index (κ1) is 15.2. The average Bonchev–Trinajstić information content (AvgIpc) is 2.40. The van der Waals surface area contributed by atoms with E-state index in [0.29, 0.717) is 11.6 Å². The third kappa shape index (κ3) is 4.12. The summed E-state index contributed by atoms with van der Waals surface area (Å²) in [7, 11) is 2.01. The standard InChI is InChI=1S/C17H23N3O/c1-12(2)21-17-15(18)8-9-16(19-17)20(4)11-14-7-5-6-13(3)10-14/h5-10,12H,11,18H2,1-4H3. The number of anilines is 2. The SMILES string of the molecule is Cc1cccc(CN(C)c2ccc(N)c(OC(C)C)n2)c1. The van der Waals surface area contributed by atoms with Crippen molar-refractivity contribution >= 4 is 11.5 Å². The Morgan fingerprint density at radius 1 is 1.24 bits per heavy atom. The van der Waals surface area contributed by atoms with Gasteiger partial charge >= 0.3 is 0 Å². The van der Waals surface area contributed by atoms with Crippen LogP contribution in [0, 0.1) is 6.92 Å². The van der Waals surface area contributed by atoms with Crippen LogP contribution in [0.2, 0.25) is 0 Å². The van der Waals surface area contributed by atoms with Crippen LogP contribution in [0.25, 0.3) is 0 Å². The Kier molecular flexibility index (Phi) is 4.68. The molecule has 4 heteroatoms. The number of nitrogen functional groups attached to an aromatic ring is 1. The topological polar surface area (TPSA) is 51.4 Å². The van der Waals surface area contributed by atoms with Crippen LogP contribution in [0.5, 0.6) is 5.88 Å². The quantitative estimate of drug-likeness (QED) is 0.915. The largest absolute Gasteiger partial charge is 0.473 e. The molecule has 1 aromatic heterocycles. The third-order valence-corrected chi connectivity index (χ3v) is 3.12. The Hall–Kier alpha value is -2.23. The molecule has 112 valence electrons. The van der Waals surface area contributed by atoms with Gasteiger partial charge in [0.15, 0.2) is 0 Å². The van der Waals surface area contributed by atoms with E-state index in [9.17, 15) is 0 Å². The van der Waals surface area contributed by atoms with Crippen LogP contribution in [-0.4, -0.2) is 18.1 Å². The molecule has 0 aliphatic carbocycles. The molecule has 0 spiro atoms. The number of pyridine rings is 1. The van der Waals surface area contributed by atoms with E-state index in [1.54, 1.807) is 0 Å². The highest BCUT2D eigenvalue weighted by Gasteiger charge is 2.10. The average molecular weight is 285 g/mol. The van der Waals surface area contributed by atoms with Crippen molar-refractivity contribution in [2.45, 2.75) is 33.4 Å². The van der Waals surface area contributed by atoms with Gasteiger partial charge in [0.1, 0.15) is 5.82 Å². The fourth-order valence-corrected chi connectivity index (χ4v) is 2.14. The number of benzene rings is 1. The molecule has 0 aliphatic heterocycles. The Morgan fingerprint density at radius 3 is 2.67 bits per heavy atom. The van der Waals surface area contributed by atoms with Crippen LogP contribution in [0.15, 0.2) is 36.4 Å². The van der Waals surface area contributed by atoms with E-state index in [4.69, 9.17) is 10.5 Å². The maximum atomic E-state index is 5.90. The fraction of sp³-hybridized carbons (Fsp3) is 0.353. The van der Waals surface area contributed by atoms with Crippen molar-refractivity contribution in [3.05, 3.63) is 47.5 Å². The molecule has 2 rings (SSSR count). The number of hydrogen-bond donors (Lipinski definition) is 1. The summed E-state index contributed by atoms with van der Waals surface area (Å²) in [6.07, 6.45) is 0.0529. The summed E-state index contributed by atoms with van der Waals surface area (Å²) in [5.41, 5.74) is 8.98. The van der Waals surface area contributed by atoms with E-state index >= 15 is 0 Å². The number of aryl methyl sites for hydroxylation is 1. The summed E-state index contributed by atoms with van der Waals surface area (Å²) in [6, 6.07) is 12.2. The minimum atomic E-state index is 0.0529. The summed E-state index contributed by atoms with van der Waals surface area (Å²) in [5, 5.41) is 0. The summed E-state index contributed by atoms with van der Waals surface area (Å²) < 4.78 is 5.64. The van der Waals surface area contributed by atoms with Crippen molar-refractivity contribution in [1.29, 1.82) is 0 Å². The predicted octanol–water partition coefficient (Wildman–Crippen LogP) is 3.40. The highest BCUT2D eigenvalue weighted by atomic mass is 16.5. The summed E-state index contributed by atoms with van der Waals surface area (Å²) in [5.74, 6) is 1.35. The van der Waals surface area contributed by atoms with Gasteiger partial charge in [-0.25, -0.2) is 0 Å². The van der Waals surface area contributed by atoms with Crippen LogP contribution < -0.4 is 15.4 Å². The molecule has 0 aliphatic rings. The molecular weight excluding hydrogens is 262 g/mol. The van der Waals surface area contributed by atoms with Crippen molar-refractivity contribution in [2.75, 3.05) is 17.7 Å². The van der Waals surface area contributed by atoms with Crippen molar-refractivity contribution < 1.29 is 4.74 Å². The highest BCUT2D eigenvalue weighted by molar-refractivity contribution is 5.54. The maximum absolute atomic E-state index is 5.90. The zero-order valence-corrected chi connectivity index (χ0v) is 13.1. The van der Waals surface area contributed by atoms with Crippen molar-refractivity contribution in [3.8, 4) is 5.88 Å². The molecule has 0 saturated carbocycles. The minimum Gasteiger partial charge on any atom is -0.473 e. The van der Waals surface area contributed by atoms with Gasteiger partial charge in [0, 0.05) is 13.6 Å². The highest BCUT2D eigenvalue weighted by Crippen LogP contribution is 2.24. The molecule has 2 N–H and O–H groups in total. The van der Waals surface area contributed by atoms with Crippen LogP contribution in [-0.2, 0) is 6.54 Å². The van der Waals surface area contributed by atoms with Gasteiger partial charge in [-0.15, -0.1) is 0 Å². The first-order valence-electron chi connectivity index (χ1n) is 7.15. The molecule has 0 atom stereocenters. The molecule has 2 aromatic rings. The van der Waals surface area contributed by atoms with E-state index in [0.717, 1.165) is 12.4 Å². The number of ether oxygens (including phenoxy) is 1. The fourth-order valence-electron chi connectivity index (χ4n) is 2.14. The van der Waals surface area contributed by atoms with Crippen LogP contribution in [0.3, 0.4) is 0 Å². The molecule has 0 fully saturated rings. The van der Waals surface area contributed by atoms with Gasteiger partial charge in [0.2, 0.25) is 5.88 Å². The lowest BCUT2D eigenvalue weighted by molar-refractivity contribution is 0.234. The zero-order chi connectivity index (χ0) is 15.4. The molecule has 0 amide bonds. The number of nitrogens with zero attached hydrogens (tertiary/aromatic N) is 2. The molecule has 4 nitrogen and oxygen atoms in total. The second-order valence-electron chi connectivity index (χ2n) is 5.58. The van der Waals surface area contributed by atoms with Crippen molar-refractivity contribution in [3.63, 3.8) is 0 Å². The maximum Gasteiger partial charge on any atom is 0.239 e. The van der Waals surface area contributed by atoms with E-state index in [-0.39, 0.29) is 6.10 Å². The molecule has 0 unspecified atom stereocenters. The number of nitrogens with two attached hydrogens (primary N) is 1. The van der Waals surface area contributed by atoms with Gasteiger partial charge < -0.3 is 15.4 Å². The zero-order valence-electron chi connectivity index (χ0n) is 13.1. The lowest BCUT2D eigenvalue weighted by Crippen LogP contribution is -2.19. The Morgan fingerprint density at radius 2 is 2.00 bits per heavy atom. The van der Waals surface area contributed by atoms with Gasteiger partial charge in [-0.05, 0) is 38.5 Å². The van der Waals surface area contributed by atoms with Gasteiger partial charge in [0.05, 0.1) is 11.8 Å². The van der Waals surface area contributed by atoms with Gasteiger partial charge in [-0.1, -0.05) is 29.8 Å². The lowest BCUT2D eigenvalue weighted by atomic mass is 10.1. The Balaban J connectivity index is 2.17. The first-order chi connectivity index (χ1) is 9.95. The summed E-state index contributed by atoms with van der Waals surface area (Å²) in [6.45, 7) is 6.81. The number of rotatable bonds is 5. The van der Waals surface area contributed by atoms with E-state index in [1.807, 2.05) is 33.0 Å². The van der Waals surface area contributed by atoms with E-state index < -0.39 is 0 Å². The molecule has 1 heterocycles. The van der Waals surface area contributed by atoms with Gasteiger partial charge in [-0.2, -0.15) is 4.98 Å². The second kappa shape index (κ2) is 6.48. The Bertz CT molecular complexity index is 611. The van der Waals surface area contributed by atoms with Crippen molar-refractivity contribution in [1.82, 2.24) is 4.98 Å².